The summed E-state index contributed by atoms with van der Waals surface area (Å²) in [5.74, 6) is -1.31. The van der Waals surface area contributed by atoms with Crippen LogP contribution in [-0.4, -0.2) is 27.0 Å². The van der Waals surface area contributed by atoms with Gasteiger partial charge in [0.05, 0.1) is 5.69 Å². The standard InChI is InChI=1S/C7H6N2O3/c10-7(11)6(9-12)5-3-1-2-4-8-5/h1-4,12H,(H,10,11)/b9-6+. The van der Waals surface area contributed by atoms with Gasteiger partial charge >= 0.3 is 5.97 Å². The maximum absolute atomic E-state index is 10.4. The summed E-state index contributed by atoms with van der Waals surface area (Å²) in [4.78, 5) is 14.1. The van der Waals surface area contributed by atoms with Crippen molar-refractivity contribution in [1.29, 1.82) is 0 Å². The molecule has 12 heavy (non-hydrogen) atoms. The maximum atomic E-state index is 10.4. The van der Waals surface area contributed by atoms with Gasteiger partial charge in [-0.3, -0.25) is 4.98 Å². The number of rotatable bonds is 2. The molecule has 2 N–H and O–H groups in total. The number of hydrogen-bond acceptors (Lipinski definition) is 4. The van der Waals surface area contributed by atoms with Crippen molar-refractivity contribution in [3.63, 3.8) is 0 Å². The van der Waals surface area contributed by atoms with Crippen LogP contribution in [0.3, 0.4) is 0 Å². The first kappa shape index (κ1) is 8.19. The number of pyridine rings is 1. The third-order valence-corrected chi connectivity index (χ3v) is 1.21. The maximum Gasteiger partial charge on any atom is 0.360 e. The van der Waals surface area contributed by atoms with Crippen LogP contribution in [0.4, 0.5) is 0 Å². The van der Waals surface area contributed by atoms with E-state index in [0.29, 0.717) is 0 Å². The van der Waals surface area contributed by atoms with Gasteiger partial charge in [-0.05, 0) is 12.1 Å². The van der Waals surface area contributed by atoms with Crippen molar-refractivity contribution in [3.05, 3.63) is 30.1 Å². The Morgan fingerprint density at radius 1 is 1.50 bits per heavy atom. The van der Waals surface area contributed by atoms with E-state index in [1.807, 2.05) is 0 Å². The molecule has 5 heteroatoms. The summed E-state index contributed by atoms with van der Waals surface area (Å²) in [7, 11) is 0. The van der Waals surface area contributed by atoms with Crippen molar-refractivity contribution in [2.75, 3.05) is 0 Å². The normalized spacial score (nSPS) is 11.2. The number of nitrogens with zero attached hydrogens (tertiary/aromatic N) is 2. The van der Waals surface area contributed by atoms with Gasteiger partial charge in [-0.15, -0.1) is 0 Å². The molecule has 0 atom stereocenters. The van der Waals surface area contributed by atoms with E-state index in [9.17, 15) is 4.79 Å². The zero-order chi connectivity index (χ0) is 8.97. The average molecular weight is 166 g/mol. The smallest absolute Gasteiger partial charge is 0.360 e. The van der Waals surface area contributed by atoms with Gasteiger partial charge in [-0.1, -0.05) is 11.2 Å². The van der Waals surface area contributed by atoms with Crippen LogP contribution in [0.25, 0.3) is 0 Å². The van der Waals surface area contributed by atoms with Crippen LogP contribution >= 0.6 is 0 Å². The van der Waals surface area contributed by atoms with E-state index in [-0.39, 0.29) is 5.69 Å². The van der Waals surface area contributed by atoms with Gasteiger partial charge in [-0.2, -0.15) is 0 Å². The van der Waals surface area contributed by atoms with Crippen molar-refractivity contribution in [2.45, 2.75) is 0 Å². The third-order valence-electron chi connectivity index (χ3n) is 1.21. The number of aromatic nitrogens is 1. The second-order valence-electron chi connectivity index (χ2n) is 1.97. The largest absolute Gasteiger partial charge is 0.476 e. The minimum absolute atomic E-state index is 0.132. The number of carboxylic acids is 1. The molecule has 1 aromatic heterocycles. The fourth-order valence-corrected chi connectivity index (χ4v) is 0.706. The van der Waals surface area contributed by atoms with E-state index in [0.717, 1.165) is 0 Å². The van der Waals surface area contributed by atoms with Gasteiger partial charge in [-0.25, -0.2) is 4.79 Å². The van der Waals surface area contributed by atoms with E-state index in [1.54, 1.807) is 12.1 Å². The zero-order valence-corrected chi connectivity index (χ0v) is 6.01. The Bertz CT molecular complexity index is 308. The molecule has 5 nitrogen and oxygen atoms in total. The molecule has 0 spiro atoms. The van der Waals surface area contributed by atoms with Crippen molar-refractivity contribution in [1.82, 2.24) is 4.98 Å². The Hall–Kier alpha value is -1.91. The lowest BCUT2D eigenvalue weighted by Gasteiger charge is -1.95. The highest BCUT2D eigenvalue weighted by molar-refractivity contribution is 6.41. The summed E-state index contributed by atoms with van der Waals surface area (Å²) in [5, 5.41) is 19.4. The van der Waals surface area contributed by atoms with Crippen LogP contribution in [-0.2, 0) is 4.79 Å². The Kier molecular flexibility index (Phi) is 2.37. The molecular weight excluding hydrogens is 160 g/mol. The molecule has 0 bridgehead atoms. The molecule has 62 valence electrons. The second-order valence-corrected chi connectivity index (χ2v) is 1.97. The highest BCUT2D eigenvalue weighted by Crippen LogP contribution is 1.96. The Balaban J connectivity index is 3.05. The number of oxime groups is 1. The molecule has 0 saturated heterocycles. The highest BCUT2D eigenvalue weighted by Gasteiger charge is 2.13. The molecule has 0 aliphatic heterocycles. The molecule has 1 heterocycles. The predicted octanol–water partition coefficient (Wildman–Crippen LogP) is 0.345. The lowest BCUT2D eigenvalue weighted by molar-refractivity contribution is -0.129. The molecule has 0 amide bonds. The fraction of sp³-hybridized carbons (Fsp3) is 0. The van der Waals surface area contributed by atoms with E-state index >= 15 is 0 Å². The number of hydrogen-bond donors (Lipinski definition) is 2. The van der Waals surface area contributed by atoms with E-state index in [2.05, 4.69) is 10.1 Å². The molecule has 0 fully saturated rings. The van der Waals surface area contributed by atoms with Crippen LogP contribution in [0, 0.1) is 0 Å². The Labute approximate surface area is 68.0 Å². The molecule has 0 radical (unpaired) electrons. The Morgan fingerprint density at radius 3 is 2.67 bits per heavy atom. The summed E-state index contributed by atoms with van der Waals surface area (Å²) in [6.45, 7) is 0. The summed E-state index contributed by atoms with van der Waals surface area (Å²) in [6, 6.07) is 4.69. The van der Waals surface area contributed by atoms with E-state index in [1.165, 1.54) is 12.3 Å². The minimum Gasteiger partial charge on any atom is -0.476 e. The molecule has 0 unspecified atom stereocenters. The van der Waals surface area contributed by atoms with E-state index in [4.69, 9.17) is 10.3 Å². The molecule has 0 aliphatic carbocycles. The molecular formula is C7H6N2O3. The molecule has 1 rings (SSSR count). The minimum atomic E-state index is -1.31. The lowest BCUT2D eigenvalue weighted by Crippen LogP contribution is -2.15. The van der Waals surface area contributed by atoms with Crippen LogP contribution in [0.5, 0.6) is 0 Å². The predicted molar refractivity (Wildman–Crippen MR) is 40.2 cm³/mol. The van der Waals surface area contributed by atoms with Crippen LogP contribution in [0.1, 0.15) is 5.69 Å². The van der Waals surface area contributed by atoms with Crippen LogP contribution in [0.2, 0.25) is 0 Å². The summed E-state index contributed by atoms with van der Waals surface area (Å²) < 4.78 is 0. The highest BCUT2D eigenvalue weighted by atomic mass is 16.4. The first-order valence-corrected chi connectivity index (χ1v) is 3.12. The quantitative estimate of drug-likeness (QED) is 0.377. The fourth-order valence-electron chi connectivity index (χ4n) is 0.706. The van der Waals surface area contributed by atoms with Gasteiger partial charge in [0.1, 0.15) is 0 Å². The zero-order valence-electron chi connectivity index (χ0n) is 6.01. The monoisotopic (exact) mass is 166 g/mol. The molecule has 0 aromatic carbocycles. The molecule has 0 saturated carbocycles. The average Bonchev–Trinajstić information content (AvgIpc) is 2.07. The van der Waals surface area contributed by atoms with Crippen molar-refractivity contribution < 1.29 is 15.1 Å². The first-order chi connectivity index (χ1) is 5.75. The van der Waals surface area contributed by atoms with Gasteiger partial charge in [0, 0.05) is 6.20 Å². The van der Waals surface area contributed by atoms with E-state index < -0.39 is 11.7 Å². The van der Waals surface area contributed by atoms with Crippen molar-refractivity contribution >= 4 is 11.7 Å². The lowest BCUT2D eigenvalue weighted by atomic mass is 10.2. The number of carbonyl (C=O) groups is 1. The summed E-state index contributed by atoms with van der Waals surface area (Å²) in [5.41, 5.74) is -0.330. The summed E-state index contributed by atoms with van der Waals surface area (Å²) in [6.07, 6.45) is 1.42. The third kappa shape index (κ3) is 1.57. The second kappa shape index (κ2) is 3.47. The summed E-state index contributed by atoms with van der Waals surface area (Å²) >= 11 is 0. The van der Waals surface area contributed by atoms with Crippen molar-refractivity contribution in [3.8, 4) is 0 Å². The topological polar surface area (TPSA) is 82.8 Å². The number of aliphatic carboxylic acids is 1. The van der Waals surface area contributed by atoms with Gasteiger partial charge in [0.15, 0.2) is 0 Å². The SMILES string of the molecule is O=C(O)/C(=N/O)c1ccccn1. The van der Waals surface area contributed by atoms with Crippen LogP contribution in [0.15, 0.2) is 29.6 Å². The molecule has 0 aliphatic rings. The van der Waals surface area contributed by atoms with Crippen molar-refractivity contribution in [2.24, 2.45) is 5.16 Å². The first-order valence-electron chi connectivity index (χ1n) is 3.12. The van der Waals surface area contributed by atoms with Gasteiger partial charge in [0.25, 0.3) is 0 Å². The molecule has 1 aromatic rings. The van der Waals surface area contributed by atoms with Crippen LogP contribution < -0.4 is 0 Å². The van der Waals surface area contributed by atoms with Gasteiger partial charge in [0.2, 0.25) is 5.71 Å². The van der Waals surface area contributed by atoms with Gasteiger partial charge < -0.3 is 10.3 Å². The Morgan fingerprint density at radius 2 is 2.25 bits per heavy atom. The number of carboxylic acid groups (broad SMARTS) is 1.